The van der Waals surface area contributed by atoms with Crippen molar-refractivity contribution in [1.29, 1.82) is 10.5 Å². The average molecular weight is 335 g/mol. The summed E-state index contributed by atoms with van der Waals surface area (Å²) in [5.41, 5.74) is 2.45. The maximum atomic E-state index is 9.43. The van der Waals surface area contributed by atoms with E-state index in [0.717, 1.165) is 36.2 Å². The van der Waals surface area contributed by atoms with E-state index in [-0.39, 0.29) is 0 Å². The zero-order chi connectivity index (χ0) is 17.6. The quantitative estimate of drug-likeness (QED) is 0.647. The number of nitrogens with zero attached hydrogens (tertiary/aromatic N) is 2. The van der Waals surface area contributed by atoms with E-state index in [1.165, 1.54) is 51.4 Å². The van der Waals surface area contributed by atoms with Crippen molar-refractivity contribution in [2.24, 2.45) is 17.8 Å². The molecular formula is C23H30N2. The van der Waals surface area contributed by atoms with Crippen molar-refractivity contribution in [3.63, 3.8) is 0 Å². The Morgan fingerprint density at radius 2 is 1.36 bits per heavy atom. The summed E-state index contributed by atoms with van der Waals surface area (Å²) in [6.45, 7) is 2.31. The predicted molar refractivity (Wildman–Crippen MR) is 101 cm³/mol. The highest BCUT2D eigenvalue weighted by atomic mass is 14.4. The Bertz CT molecular complexity index is 615. The Labute approximate surface area is 152 Å². The van der Waals surface area contributed by atoms with Crippen molar-refractivity contribution in [3.8, 4) is 12.1 Å². The van der Waals surface area contributed by atoms with Gasteiger partial charge >= 0.3 is 0 Å². The molecule has 25 heavy (non-hydrogen) atoms. The molecule has 2 aliphatic rings. The first-order valence-electron chi connectivity index (χ1n) is 10.2. The van der Waals surface area contributed by atoms with Crippen LogP contribution in [-0.2, 0) is 0 Å². The monoisotopic (exact) mass is 334 g/mol. The molecule has 0 bridgehead atoms. The van der Waals surface area contributed by atoms with Gasteiger partial charge in [-0.2, -0.15) is 10.5 Å². The van der Waals surface area contributed by atoms with Crippen molar-refractivity contribution in [3.05, 3.63) is 34.9 Å². The van der Waals surface area contributed by atoms with Gasteiger partial charge in [-0.1, -0.05) is 38.7 Å². The summed E-state index contributed by atoms with van der Waals surface area (Å²) in [5, 5.41) is 18.9. The Balaban J connectivity index is 1.60. The van der Waals surface area contributed by atoms with Gasteiger partial charge in [0.1, 0.15) is 0 Å². The van der Waals surface area contributed by atoms with Gasteiger partial charge in [0.05, 0.1) is 23.3 Å². The third kappa shape index (κ3) is 4.07. The fraction of sp³-hybridized carbons (Fsp3) is 0.652. The second kappa shape index (κ2) is 8.53. The largest absolute Gasteiger partial charge is 0.192 e. The zero-order valence-corrected chi connectivity index (χ0v) is 15.5. The van der Waals surface area contributed by atoms with E-state index in [4.69, 9.17) is 0 Å². The van der Waals surface area contributed by atoms with E-state index in [1.54, 1.807) is 0 Å². The molecule has 0 N–H and O–H groups in total. The summed E-state index contributed by atoms with van der Waals surface area (Å²) in [6.07, 6.45) is 13.3. The van der Waals surface area contributed by atoms with Gasteiger partial charge in [-0.3, -0.25) is 0 Å². The van der Waals surface area contributed by atoms with Crippen molar-refractivity contribution in [1.82, 2.24) is 0 Å². The highest BCUT2D eigenvalue weighted by Crippen LogP contribution is 2.45. The lowest BCUT2D eigenvalue weighted by molar-refractivity contribution is 0.156. The van der Waals surface area contributed by atoms with Crippen LogP contribution in [0, 0.1) is 40.4 Å². The molecule has 1 aromatic rings. The highest BCUT2D eigenvalue weighted by Gasteiger charge is 2.32. The fourth-order valence-electron chi connectivity index (χ4n) is 5.44. The first kappa shape index (κ1) is 18.0. The molecule has 2 fully saturated rings. The van der Waals surface area contributed by atoms with Gasteiger partial charge in [0.25, 0.3) is 0 Å². The molecule has 2 aliphatic carbocycles. The number of rotatable bonds is 4. The molecule has 1 aromatic carbocycles. The molecule has 0 atom stereocenters. The summed E-state index contributed by atoms with van der Waals surface area (Å²) in [6, 6.07) is 10.2. The van der Waals surface area contributed by atoms with Crippen LogP contribution in [0.5, 0.6) is 0 Å². The SMILES string of the molecule is CCCC1CCC(C2CCC(c3c(C#N)cccc3C#N)CC2)CC1. The number of benzene rings is 1. The van der Waals surface area contributed by atoms with E-state index in [1.807, 2.05) is 18.2 Å². The van der Waals surface area contributed by atoms with Gasteiger partial charge in [-0.25, -0.2) is 0 Å². The van der Waals surface area contributed by atoms with E-state index < -0.39 is 0 Å². The molecule has 0 aliphatic heterocycles. The summed E-state index contributed by atoms with van der Waals surface area (Å²) in [5.74, 6) is 3.19. The average Bonchev–Trinajstić information content (AvgIpc) is 2.68. The minimum absolute atomic E-state index is 0.401. The summed E-state index contributed by atoms with van der Waals surface area (Å²) < 4.78 is 0. The van der Waals surface area contributed by atoms with Crippen LogP contribution in [0.1, 0.15) is 93.7 Å². The topological polar surface area (TPSA) is 47.6 Å². The number of hydrogen-bond acceptors (Lipinski definition) is 2. The van der Waals surface area contributed by atoms with Crippen molar-refractivity contribution in [2.45, 2.75) is 77.0 Å². The minimum Gasteiger partial charge on any atom is -0.192 e. The second-order valence-corrected chi connectivity index (χ2v) is 8.17. The van der Waals surface area contributed by atoms with Crippen LogP contribution < -0.4 is 0 Å². The second-order valence-electron chi connectivity index (χ2n) is 8.17. The molecule has 2 heteroatoms. The normalized spacial score (nSPS) is 29.6. The Morgan fingerprint density at radius 3 is 1.84 bits per heavy atom. The van der Waals surface area contributed by atoms with E-state index >= 15 is 0 Å². The Hall–Kier alpha value is -1.80. The molecule has 0 radical (unpaired) electrons. The van der Waals surface area contributed by atoms with Gasteiger partial charge < -0.3 is 0 Å². The first-order valence-corrected chi connectivity index (χ1v) is 10.2. The van der Waals surface area contributed by atoms with Crippen molar-refractivity contribution >= 4 is 0 Å². The highest BCUT2D eigenvalue weighted by molar-refractivity contribution is 5.50. The molecule has 2 saturated carbocycles. The third-order valence-electron chi connectivity index (χ3n) is 6.78. The zero-order valence-electron chi connectivity index (χ0n) is 15.5. The maximum absolute atomic E-state index is 9.43. The van der Waals surface area contributed by atoms with Crippen LogP contribution in [0.15, 0.2) is 18.2 Å². The molecule has 3 rings (SSSR count). The van der Waals surface area contributed by atoms with E-state index in [2.05, 4.69) is 19.1 Å². The number of hydrogen-bond donors (Lipinski definition) is 0. The van der Waals surface area contributed by atoms with Crippen LogP contribution in [0.4, 0.5) is 0 Å². The molecule has 132 valence electrons. The molecule has 0 amide bonds. The van der Waals surface area contributed by atoms with Crippen LogP contribution in [-0.4, -0.2) is 0 Å². The standard InChI is InChI=1S/C23H30N2/c1-2-4-17-7-9-18(10-8-17)19-11-13-20(14-12-19)23-21(15-24)5-3-6-22(23)16-25/h3,5-6,17-20H,2,4,7-14H2,1H3. The maximum Gasteiger partial charge on any atom is 0.0995 e. The molecular weight excluding hydrogens is 304 g/mol. The van der Waals surface area contributed by atoms with Gasteiger partial charge in [0.2, 0.25) is 0 Å². The minimum atomic E-state index is 0.401. The molecule has 2 nitrogen and oxygen atoms in total. The molecule has 0 unspecified atom stereocenters. The molecule has 0 aromatic heterocycles. The van der Waals surface area contributed by atoms with Crippen LogP contribution in [0.3, 0.4) is 0 Å². The molecule has 0 heterocycles. The fourth-order valence-corrected chi connectivity index (χ4v) is 5.44. The van der Waals surface area contributed by atoms with Gasteiger partial charge in [0.15, 0.2) is 0 Å². The van der Waals surface area contributed by atoms with Gasteiger partial charge in [0, 0.05) is 0 Å². The van der Waals surface area contributed by atoms with Gasteiger partial charge in [-0.15, -0.1) is 0 Å². The third-order valence-corrected chi connectivity index (χ3v) is 6.78. The lowest BCUT2D eigenvalue weighted by Crippen LogP contribution is -2.25. The van der Waals surface area contributed by atoms with Crippen LogP contribution in [0.25, 0.3) is 0 Å². The predicted octanol–water partition coefficient (Wildman–Crippen LogP) is 6.31. The molecule has 0 spiro atoms. The van der Waals surface area contributed by atoms with Crippen LogP contribution >= 0.6 is 0 Å². The van der Waals surface area contributed by atoms with Crippen molar-refractivity contribution in [2.75, 3.05) is 0 Å². The van der Waals surface area contributed by atoms with Crippen LogP contribution in [0.2, 0.25) is 0 Å². The summed E-state index contributed by atoms with van der Waals surface area (Å²) in [4.78, 5) is 0. The van der Waals surface area contributed by atoms with Gasteiger partial charge in [-0.05, 0) is 79.9 Å². The number of nitriles is 2. The summed E-state index contributed by atoms with van der Waals surface area (Å²) >= 11 is 0. The lowest BCUT2D eigenvalue weighted by atomic mass is 9.67. The Morgan fingerprint density at radius 1 is 0.840 bits per heavy atom. The van der Waals surface area contributed by atoms with Crippen molar-refractivity contribution < 1.29 is 0 Å². The smallest absolute Gasteiger partial charge is 0.0995 e. The summed E-state index contributed by atoms with van der Waals surface area (Å²) in [7, 11) is 0. The van der Waals surface area contributed by atoms with E-state index in [9.17, 15) is 10.5 Å². The molecule has 0 saturated heterocycles. The Kier molecular flexibility index (Phi) is 6.14. The lowest BCUT2D eigenvalue weighted by Gasteiger charge is -2.38. The van der Waals surface area contributed by atoms with E-state index in [0.29, 0.717) is 17.0 Å². The first-order chi connectivity index (χ1) is 12.3.